The van der Waals surface area contributed by atoms with Crippen LogP contribution in [0.25, 0.3) is 0 Å². The topological polar surface area (TPSA) is 149 Å². The summed E-state index contributed by atoms with van der Waals surface area (Å²) in [6.45, 7) is 1.66. The number of ketones is 3. The van der Waals surface area contributed by atoms with Crippen LogP contribution in [0.5, 0.6) is 0 Å². The molecule has 0 unspecified atom stereocenters. The molecule has 0 bridgehead atoms. The molecule has 180 valence electrons. The fourth-order valence-electron chi connectivity index (χ4n) is 5.26. The summed E-state index contributed by atoms with van der Waals surface area (Å²) in [4.78, 5) is 63.6. The van der Waals surface area contributed by atoms with Gasteiger partial charge >= 0.3 is 0 Å². The number of hydrogen-bond donors (Lipinski definition) is 1. The van der Waals surface area contributed by atoms with Gasteiger partial charge in [-0.05, 0) is 42.1 Å². The molecule has 1 heterocycles. The van der Waals surface area contributed by atoms with Gasteiger partial charge < -0.3 is 14.6 Å². The third-order valence-corrected chi connectivity index (χ3v) is 7.07. The van der Waals surface area contributed by atoms with Crippen LogP contribution >= 0.6 is 0 Å². The third-order valence-electron chi connectivity index (χ3n) is 7.07. The number of nitrogens with zero attached hydrogens (tertiary/aromatic N) is 2. The van der Waals surface area contributed by atoms with Crippen LogP contribution in [0.15, 0.2) is 34.6 Å². The van der Waals surface area contributed by atoms with Crippen molar-refractivity contribution in [2.75, 3.05) is 6.61 Å². The van der Waals surface area contributed by atoms with Gasteiger partial charge in [-0.1, -0.05) is 24.3 Å². The second-order valence-corrected chi connectivity index (χ2v) is 9.12. The number of rotatable bonds is 5. The lowest BCUT2D eigenvalue weighted by atomic mass is 9.71. The van der Waals surface area contributed by atoms with Gasteiger partial charge in [-0.15, -0.1) is 9.81 Å². The van der Waals surface area contributed by atoms with Gasteiger partial charge in [-0.2, -0.15) is 0 Å². The van der Waals surface area contributed by atoms with Gasteiger partial charge in [0.25, 0.3) is 0 Å². The van der Waals surface area contributed by atoms with Crippen LogP contribution in [-0.2, 0) is 20.7 Å². The van der Waals surface area contributed by atoms with E-state index in [9.17, 15) is 29.3 Å². The van der Waals surface area contributed by atoms with Gasteiger partial charge in [0, 0.05) is 36.1 Å². The first-order valence-corrected chi connectivity index (χ1v) is 11.4. The van der Waals surface area contributed by atoms with Gasteiger partial charge in [0.15, 0.2) is 23.6 Å². The summed E-state index contributed by atoms with van der Waals surface area (Å²) in [7, 11) is 0. The van der Waals surface area contributed by atoms with Crippen molar-refractivity contribution < 1.29 is 29.0 Å². The van der Waals surface area contributed by atoms with Crippen LogP contribution in [-0.4, -0.2) is 41.0 Å². The Balaban J connectivity index is 1.79. The van der Waals surface area contributed by atoms with E-state index < -0.39 is 41.0 Å². The highest BCUT2D eigenvalue weighted by atomic mass is 16.7. The van der Waals surface area contributed by atoms with Crippen molar-refractivity contribution in [2.24, 2.45) is 10.4 Å². The Morgan fingerprint density at radius 1 is 1.06 bits per heavy atom. The minimum absolute atomic E-state index is 0.00126. The van der Waals surface area contributed by atoms with Gasteiger partial charge in [-0.3, -0.25) is 14.4 Å². The monoisotopic (exact) mass is 478 g/mol. The molecule has 5 rings (SSSR count). The van der Waals surface area contributed by atoms with E-state index in [1.807, 2.05) is 0 Å². The van der Waals surface area contributed by atoms with Crippen molar-refractivity contribution >= 4 is 28.7 Å². The molecule has 3 atom stereocenters. The lowest BCUT2D eigenvalue weighted by Gasteiger charge is -2.40. The van der Waals surface area contributed by atoms with Gasteiger partial charge in [0.05, 0.1) is 17.2 Å². The number of benzene rings is 2. The minimum Gasteiger partial charge on any atom is -0.382 e. The summed E-state index contributed by atoms with van der Waals surface area (Å²) in [6, 6.07) is 6.06. The van der Waals surface area contributed by atoms with Crippen LogP contribution in [0.1, 0.15) is 81.7 Å². The molecule has 0 amide bonds. The second kappa shape index (κ2) is 8.63. The second-order valence-electron chi connectivity index (χ2n) is 9.12. The number of nitroso groups, excluding NO2 is 2. The molecule has 2 aromatic rings. The summed E-state index contributed by atoms with van der Waals surface area (Å²) in [5, 5.41) is 17.4. The van der Waals surface area contributed by atoms with Gasteiger partial charge in [-0.25, -0.2) is 0 Å². The van der Waals surface area contributed by atoms with E-state index in [1.54, 1.807) is 12.1 Å². The summed E-state index contributed by atoms with van der Waals surface area (Å²) >= 11 is 0. The number of ether oxygens (including phenoxy) is 2. The fourth-order valence-corrected chi connectivity index (χ4v) is 5.26. The average Bonchev–Trinajstić information content (AvgIpc) is 2.86. The molecule has 0 saturated carbocycles. The third kappa shape index (κ3) is 3.56. The standard InChI is InChI=1S/C25H22N2O8/c1-12(28)25(31)10-15-18(16(11-25)35-17-8-4-5-9-34-17)22(27-33)20-19(21(15)26-32)23(29)13-6-2-3-7-14(13)24(20)30/h2-3,6-7,16-17,31H,4-5,8-11H2,1H3/t16-,17-,25-/m0/s1. The lowest BCUT2D eigenvalue weighted by Crippen LogP contribution is -2.45. The van der Waals surface area contributed by atoms with Crippen molar-refractivity contribution in [3.05, 3.63) is 67.5 Å². The Hall–Kier alpha value is -3.47. The molecule has 0 radical (unpaired) electrons. The maximum absolute atomic E-state index is 13.5. The van der Waals surface area contributed by atoms with Crippen LogP contribution in [0.2, 0.25) is 0 Å². The number of carbonyl (C=O) groups is 3. The predicted molar refractivity (Wildman–Crippen MR) is 122 cm³/mol. The Morgan fingerprint density at radius 2 is 1.69 bits per heavy atom. The highest BCUT2D eigenvalue weighted by molar-refractivity contribution is 6.32. The maximum Gasteiger partial charge on any atom is 0.196 e. The van der Waals surface area contributed by atoms with E-state index in [0.717, 1.165) is 12.8 Å². The first-order valence-electron chi connectivity index (χ1n) is 11.4. The molecule has 35 heavy (non-hydrogen) atoms. The van der Waals surface area contributed by atoms with Gasteiger partial charge in [0.1, 0.15) is 17.0 Å². The minimum atomic E-state index is -1.94. The molecule has 0 spiro atoms. The van der Waals surface area contributed by atoms with Crippen molar-refractivity contribution in [3.63, 3.8) is 0 Å². The van der Waals surface area contributed by atoms with Crippen molar-refractivity contribution in [3.8, 4) is 0 Å². The molecule has 1 saturated heterocycles. The van der Waals surface area contributed by atoms with E-state index in [1.165, 1.54) is 19.1 Å². The van der Waals surface area contributed by atoms with E-state index >= 15 is 0 Å². The molecule has 2 aliphatic carbocycles. The van der Waals surface area contributed by atoms with E-state index in [-0.39, 0.29) is 51.9 Å². The normalized spacial score (nSPS) is 25.3. The van der Waals surface area contributed by atoms with Crippen molar-refractivity contribution in [1.29, 1.82) is 0 Å². The Morgan fingerprint density at radius 3 is 2.23 bits per heavy atom. The molecular formula is C25H22N2O8. The summed E-state index contributed by atoms with van der Waals surface area (Å²) in [5.74, 6) is -1.88. The zero-order chi connectivity index (χ0) is 24.9. The highest BCUT2D eigenvalue weighted by Gasteiger charge is 2.48. The molecule has 3 aliphatic rings. The smallest absolute Gasteiger partial charge is 0.196 e. The number of aliphatic hydroxyl groups is 1. The number of fused-ring (bicyclic) bond motifs is 3. The van der Waals surface area contributed by atoms with Crippen LogP contribution < -0.4 is 0 Å². The summed E-state index contributed by atoms with van der Waals surface area (Å²) < 4.78 is 11.7. The van der Waals surface area contributed by atoms with Crippen molar-refractivity contribution in [1.82, 2.24) is 0 Å². The number of carbonyl (C=O) groups excluding carboxylic acids is 3. The van der Waals surface area contributed by atoms with Crippen LogP contribution in [0.4, 0.5) is 11.4 Å². The molecule has 1 N–H and O–H groups in total. The summed E-state index contributed by atoms with van der Waals surface area (Å²) in [5.41, 5.74) is -3.13. The fraction of sp³-hybridized carbons (Fsp3) is 0.400. The maximum atomic E-state index is 13.5. The zero-order valence-electron chi connectivity index (χ0n) is 18.9. The largest absolute Gasteiger partial charge is 0.382 e. The number of Topliss-reactive ketones (excluding diaryl/α,β-unsaturated/α-hetero) is 1. The molecule has 2 aromatic carbocycles. The molecular weight excluding hydrogens is 456 g/mol. The quantitative estimate of drug-likeness (QED) is 0.539. The van der Waals surface area contributed by atoms with Crippen molar-refractivity contribution in [2.45, 2.75) is 57.0 Å². The van der Waals surface area contributed by atoms with Gasteiger partial charge in [0.2, 0.25) is 0 Å². The number of hydrogen-bond acceptors (Lipinski definition) is 10. The average molecular weight is 478 g/mol. The Labute approximate surface area is 199 Å². The molecule has 0 aromatic heterocycles. The zero-order valence-corrected chi connectivity index (χ0v) is 18.9. The highest BCUT2D eigenvalue weighted by Crippen LogP contribution is 2.52. The SMILES string of the molecule is CC(=O)[C@]1(O)Cc2c(N=O)c3c(c(N=O)c2[C@@H](O[C@H]2CCCCO2)C1)C(=O)c1ccccc1C3=O. The van der Waals surface area contributed by atoms with Crippen LogP contribution in [0.3, 0.4) is 0 Å². The van der Waals surface area contributed by atoms with E-state index in [2.05, 4.69) is 10.4 Å². The first kappa shape index (κ1) is 23.3. The molecule has 10 heteroatoms. The predicted octanol–water partition coefficient (Wildman–Crippen LogP) is 4.11. The molecule has 1 fully saturated rings. The first-order chi connectivity index (χ1) is 16.8. The molecule has 10 nitrogen and oxygen atoms in total. The molecule has 1 aliphatic heterocycles. The van der Waals surface area contributed by atoms with Crippen LogP contribution in [0, 0.1) is 9.81 Å². The lowest BCUT2D eigenvalue weighted by molar-refractivity contribution is -0.203. The van der Waals surface area contributed by atoms with E-state index in [0.29, 0.717) is 13.0 Å². The van der Waals surface area contributed by atoms with E-state index in [4.69, 9.17) is 9.47 Å². The Bertz CT molecular complexity index is 1300. The summed E-state index contributed by atoms with van der Waals surface area (Å²) in [6.07, 6.45) is -0.192. The Kier molecular flexibility index (Phi) is 5.74.